The molecular weight excluding hydrogens is 300 g/mol. The molecule has 4 nitrogen and oxygen atoms in total. The highest BCUT2D eigenvalue weighted by atomic mass is 35.5. The Bertz CT molecular complexity index is 526. The number of nitrogens with one attached hydrogen (secondary N) is 1. The molecule has 2 N–H and O–H groups in total. The first-order valence-corrected chi connectivity index (χ1v) is 8.44. The van der Waals surface area contributed by atoms with E-state index in [1.807, 2.05) is 24.3 Å². The van der Waals surface area contributed by atoms with Crippen molar-refractivity contribution in [1.82, 2.24) is 5.32 Å². The van der Waals surface area contributed by atoms with Crippen molar-refractivity contribution in [1.29, 1.82) is 0 Å². The molecule has 3 rings (SSSR count). The van der Waals surface area contributed by atoms with E-state index in [-0.39, 0.29) is 18.4 Å². The summed E-state index contributed by atoms with van der Waals surface area (Å²) < 4.78 is 0. The molecule has 22 heavy (non-hydrogen) atoms. The average molecular weight is 323 g/mol. The molecule has 120 valence electrons. The summed E-state index contributed by atoms with van der Waals surface area (Å²) in [5.74, 6) is -0.0210. The van der Waals surface area contributed by atoms with Crippen LogP contribution in [0.15, 0.2) is 24.3 Å². The van der Waals surface area contributed by atoms with Crippen LogP contribution < -0.4 is 10.2 Å². The van der Waals surface area contributed by atoms with Gasteiger partial charge in [0, 0.05) is 29.8 Å². The zero-order chi connectivity index (χ0) is 15.6. The first kappa shape index (κ1) is 15.6. The lowest BCUT2D eigenvalue weighted by atomic mass is 9.97. The van der Waals surface area contributed by atoms with Gasteiger partial charge < -0.3 is 15.3 Å². The average Bonchev–Trinajstić information content (AvgIpc) is 3.09. The highest BCUT2D eigenvalue weighted by Gasteiger charge is 2.34. The number of benzene rings is 1. The van der Waals surface area contributed by atoms with Gasteiger partial charge in [-0.3, -0.25) is 4.79 Å². The van der Waals surface area contributed by atoms with Crippen molar-refractivity contribution in [3.05, 3.63) is 29.3 Å². The van der Waals surface area contributed by atoms with Crippen molar-refractivity contribution < 1.29 is 9.90 Å². The molecule has 1 saturated carbocycles. The van der Waals surface area contributed by atoms with Gasteiger partial charge in [-0.1, -0.05) is 24.4 Å². The van der Waals surface area contributed by atoms with Gasteiger partial charge in [0.2, 0.25) is 5.91 Å². The van der Waals surface area contributed by atoms with Crippen LogP contribution in [-0.4, -0.2) is 35.7 Å². The van der Waals surface area contributed by atoms with Crippen molar-refractivity contribution in [3.63, 3.8) is 0 Å². The van der Waals surface area contributed by atoms with Gasteiger partial charge in [-0.2, -0.15) is 0 Å². The lowest BCUT2D eigenvalue weighted by Crippen LogP contribution is -2.41. The highest BCUT2D eigenvalue weighted by Crippen LogP contribution is 2.32. The summed E-state index contributed by atoms with van der Waals surface area (Å²) in [7, 11) is 0. The van der Waals surface area contributed by atoms with Crippen LogP contribution in [0, 0.1) is 0 Å². The van der Waals surface area contributed by atoms with Crippen molar-refractivity contribution in [2.45, 2.75) is 50.2 Å². The van der Waals surface area contributed by atoms with Gasteiger partial charge in [0.1, 0.15) is 0 Å². The lowest BCUT2D eigenvalue weighted by molar-refractivity contribution is -0.126. The number of hydrogen-bond donors (Lipinski definition) is 2. The Balaban J connectivity index is 1.50. The monoisotopic (exact) mass is 322 g/mol. The summed E-state index contributed by atoms with van der Waals surface area (Å²) in [6.07, 6.45) is 4.73. The fraction of sp³-hybridized carbons (Fsp3) is 0.588. The largest absolute Gasteiger partial charge is 0.389 e. The number of aliphatic hydroxyl groups is 1. The van der Waals surface area contributed by atoms with Gasteiger partial charge in [0.05, 0.1) is 12.0 Å². The van der Waals surface area contributed by atoms with E-state index in [9.17, 15) is 9.90 Å². The fourth-order valence-corrected chi connectivity index (χ4v) is 3.68. The Morgan fingerprint density at radius 1 is 1.32 bits per heavy atom. The molecule has 1 saturated heterocycles. The Morgan fingerprint density at radius 3 is 2.68 bits per heavy atom. The summed E-state index contributed by atoms with van der Waals surface area (Å²) in [6, 6.07) is 7.95. The number of nitrogens with zero attached hydrogens (tertiary/aromatic N) is 1. The summed E-state index contributed by atoms with van der Waals surface area (Å²) in [5.41, 5.74) is 0.369. The SMILES string of the molecule is O=C(CC1(O)CCCC1)NC1CCN(c2ccc(Cl)cc2)C1. The van der Waals surface area contributed by atoms with E-state index in [4.69, 9.17) is 11.6 Å². The molecule has 2 aliphatic rings. The number of halogens is 1. The zero-order valence-electron chi connectivity index (χ0n) is 12.7. The van der Waals surface area contributed by atoms with Crippen LogP contribution in [0.1, 0.15) is 38.5 Å². The van der Waals surface area contributed by atoms with E-state index in [2.05, 4.69) is 10.2 Å². The van der Waals surface area contributed by atoms with Gasteiger partial charge in [0.25, 0.3) is 0 Å². The molecule has 1 heterocycles. The predicted molar refractivity (Wildman–Crippen MR) is 88.2 cm³/mol. The van der Waals surface area contributed by atoms with Crippen LogP contribution in [0.5, 0.6) is 0 Å². The molecule has 1 aromatic carbocycles. The third-order valence-electron chi connectivity index (χ3n) is 4.77. The minimum absolute atomic E-state index is 0.0210. The number of carbonyl (C=O) groups is 1. The molecule has 1 unspecified atom stereocenters. The van der Waals surface area contributed by atoms with Crippen LogP contribution in [0.3, 0.4) is 0 Å². The predicted octanol–water partition coefficient (Wildman–Crippen LogP) is 2.73. The summed E-state index contributed by atoms with van der Waals surface area (Å²) in [6.45, 7) is 1.74. The standard InChI is InChI=1S/C17H23ClN2O2/c18-13-3-5-15(6-4-13)20-10-7-14(12-20)19-16(21)11-17(22)8-1-2-9-17/h3-6,14,22H,1-2,7-12H2,(H,19,21). The zero-order valence-corrected chi connectivity index (χ0v) is 13.5. The molecule has 1 amide bonds. The van der Waals surface area contributed by atoms with Gasteiger partial charge >= 0.3 is 0 Å². The molecule has 1 atom stereocenters. The van der Waals surface area contributed by atoms with Crippen molar-refractivity contribution >= 4 is 23.2 Å². The molecule has 1 aromatic rings. The van der Waals surface area contributed by atoms with Crippen LogP contribution in [0.25, 0.3) is 0 Å². The van der Waals surface area contributed by atoms with Gasteiger partial charge in [-0.25, -0.2) is 0 Å². The van der Waals surface area contributed by atoms with E-state index in [0.29, 0.717) is 0 Å². The Labute approximate surface area is 136 Å². The van der Waals surface area contributed by atoms with E-state index in [1.54, 1.807) is 0 Å². The first-order chi connectivity index (χ1) is 10.5. The second-order valence-electron chi connectivity index (χ2n) is 6.58. The van der Waals surface area contributed by atoms with Crippen molar-refractivity contribution in [2.75, 3.05) is 18.0 Å². The number of anilines is 1. The Morgan fingerprint density at radius 2 is 2.00 bits per heavy atom. The third-order valence-corrected chi connectivity index (χ3v) is 5.02. The molecule has 0 radical (unpaired) electrons. The Kier molecular flexibility index (Phi) is 4.59. The topological polar surface area (TPSA) is 52.6 Å². The molecule has 2 fully saturated rings. The maximum Gasteiger partial charge on any atom is 0.223 e. The van der Waals surface area contributed by atoms with Crippen LogP contribution in [0.4, 0.5) is 5.69 Å². The van der Waals surface area contributed by atoms with Gasteiger partial charge in [-0.05, 0) is 43.5 Å². The minimum Gasteiger partial charge on any atom is -0.389 e. The Hall–Kier alpha value is -1.26. The summed E-state index contributed by atoms with van der Waals surface area (Å²) in [4.78, 5) is 14.4. The number of amides is 1. The molecule has 0 aromatic heterocycles. The second kappa shape index (κ2) is 6.47. The van der Waals surface area contributed by atoms with Crippen molar-refractivity contribution in [2.24, 2.45) is 0 Å². The minimum atomic E-state index is -0.765. The normalized spacial score (nSPS) is 23.7. The molecule has 5 heteroatoms. The molecule has 0 spiro atoms. The molecular formula is C17H23ClN2O2. The quantitative estimate of drug-likeness (QED) is 0.896. The molecule has 1 aliphatic carbocycles. The number of carbonyl (C=O) groups excluding carboxylic acids is 1. The van der Waals surface area contributed by atoms with Gasteiger partial charge in [0.15, 0.2) is 0 Å². The fourth-order valence-electron chi connectivity index (χ4n) is 3.55. The molecule has 0 bridgehead atoms. The summed E-state index contributed by atoms with van der Waals surface area (Å²) >= 11 is 5.91. The third kappa shape index (κ3) is 3.73. The van der Waals surface area contributed by atoms with Crippen molar-refractivity contribution in [3.8, 4) is 0 Å². The van der Waals surface area contributed by atoms with E-state index >= 15 is 0 Å². The highest BCUT2D eigenvalue weighted by molar-refractivity contribution is 6.30. The van der Waals surface area contributed by atoms with Crippen LogP contribution in [-0.2, 0) is 4.79 Å². The number of hydrogen-bond acceptors (Lipinski definition) is 3. The maximum atomic E-state index is 12.1. The lowest BCUT2D eigenvalue weighted by Gasteiger charge is -2.23. The van der Waals surface area contributed by atoms with Crippen LogP contribution in [0.2, 0.25) is 5.02 Å². The van der Waals surface area contributed by atoms with E-state index < -0.39 is 5.60 Å². The summed E-state index contributed by atoms with van der Waals surface area (Å²) in [5, 5.41) is 14.1. The number of rotatable bonds is 4. The second-order valence-corrected chi connectivity index (χ2v) is 7.02. The smallest absolute Gasteiger partial charge is 0.223 e. The maximum absolute atomic E-state index is 12.1. The first-order valence-electron chi connectivity index (χ1n) is 8.06. The van der Waals surface area contributed by atoms with E-state index in [0.717, 1.165) is 55.9 Å². The molecule has 1 aliphatic heterocycles. The van der Waals surface area contributed by atoms with Crippen LogP contribution >= 0.6 is 11.6 Å². The van der Waals surface area contributed by atoms with E-state index in [1.165, 1.54) is 0 Å². The van der Waals surface area contributed by atoms with Gasteiger partial charge in [-0.15, -0.1) is 0 Å².